The predicted molar refractivity (Wildman–Crippen MR) is 169 cm³/mol. The standard InChI is InChI=1S/C28H61N9O7/c29-9-5-15-31-11-1-3-13-33-17-7-19-35-27(41)37-23-25(39)24(38)22(44-26(23)40)21-43-28(42)36-20-8-18-34-14-4-2-12-32-16-6-10-30/h22-26,31-34,38-40H,1-21,29-30H2,(H,36,42)(H2,35,37,41)/t22-,23-,24-,25-,26+/m1/s1. The van der Waals surface area contributed by atoms with Gasteiger partial charge >= 0.3 is 12.1 Å². The Labute approximate surface area is 262 Å². The summed E-state index contributed by atoms with van der Waals surface area (Å²) in [6.07, 6.45) is 1.16. The van der Waals surface area contributed by atoms with E-state index in [0.717, 1.165) is 90.9 Å². The van der Waals surface area contributed by atoms with Crippen molar-refractivity contribution in [1.29, 1.82) is 0 Å². The van der Waals surface area contributed by atoms with Gasteiger partial charge in [0.25, 0.3) is 0 Å². The van der Waals surface area contributed by atoms with Crippen molar-refractivity contribution >= 4 is 12.1 Å². The lowest BCUT2D eigenvalue weighted by atomic mass is 9.97. The minimum Gasteiger partial charge on any atom is -0.447 e. The van der Waals surface area contributed by atoms with Crippen LogP contribution in [0, 0.1) is 0 Å². The Balaban J connectivity index is 2.09. The highest BCUT2D eigenvalue weighted by atomic mass is 16.6. The number of aliphatic hydroxyl groups excluding tert-OH is 3. The van der Waals surface area contributed by atoms with Crippen LogP contribution in [0.25, 0.3) is 0 Å². The van der Waals surface area contributed by atoms with Crippen LogP contribution in [-0.2, 0) is 9.47 Å². The number of urea groups is 1. The second-order valence-electron chi connectivity index (χ2n) is 10.9. The number of aliphatic hydroxyl groups is 3. The van der Waals surface area contributed by atoms with Crippen LogP contribution in [0.1, 0.15) is 51.4 Å². The molecule has 1 fully saturated rings. The third-order valence-corrected chi connectivity index (χ3v) is 7.04. The maximum Gasteiger partial charge on any atom is 0.407 e. The lowest BCUT2D eigenvalue weighted by Crippen LogP contribution is -2.65. The molecule has 1 aliphatic heterocycles. The van der Waals surface area contributed by atoms with Gasteiger partial charge in [0.2, 0.25) is 0 Å². The van der Waals surface area contributed by atoms with Gasteiger partial charge in [-0.1, -0.05) is 0 Å². The number of amides is 3. The molecule has 0 radical (unpaired) electrons. The van der Waals surface area contributed by atoms with Crippen molar-refractivity contribution < 1.29 is 34.4 Å². The number of hydrogen-bond acceptors (Lipinski definition) is 13. The summed E-state index contributed by atoms with van der Waals surface area (Å²) in [5.41, 5.74) is 10.9. The first-order valence-electron chi connectivity index (χ1n) is 16.3. The molecule has 16 heteroatoms. The first-order valence-corrected chi connectivity index (χ1v) is 16.3. The van der Waals surface area contributed by atoms with Gasteiger partial charge in [-0.3, -0.25) is 0 Å². The van der Waals surface area contributed by atoms with Gasteiger partial charge in [-0.15, -0.1) is 0 Å². The van der Waals surface area contributed by atoms with Gasteiger partial charge in [-0.05, 0) is 117 Å². The molecule has 0 aliphatic carbocycles. The highest BCUT2D eigenvalue weighted by Gasteiger charge is 2.45. The molecule has 0 aromatic heterocycles. The summed E-state index contributed by atoms with van der Waals surface area (Å²) in [5.74, 6) is 0. The molecule has 0 aromatic rings. The summed E-state index contributed by atoms with van der Waals surface area (Å²) in [6, 6.07) is -1.86. The van der Waals surface area contributed by atoms with E-state index in [4.69, 9.17) is 20.9 Å². The predicted octanol–water partition coefficient (Wildman–Crippen LogP) is -2.78. The summed E-state index contributed by atoms with van der Waals surface area (Å²) in [4.78, 5) is 24.2. The molecule has 1 rings (SSSR count). The van der Waals surface area contributed by atoms with Crippen LogP contribution in [0.5, 0.6) is 0 Å². The number of unbranched alkanes of at least 4 members (excludes halogenated alkanes) is 2. The summed E-state index contributed by atoms with van der Waals surface area (Å²) >= 11 is 0. The molecule has 44 heavy (non-hydrogen) atoms. The zero-order chi connectivity index (χ0) is 32.3. The van der Waals surface area contributed by atoms with E-state index in [-0.39, 0.29) is 6.61 Å². The second-order valence-corrected chi connectivity index (χ2v) is 10.9. The normalized spacial score (nSPS) is 21.6. The molecule has 0 bridgehead atoms. The van der Waals surface area contributed by atoms with Crippen LogP contribution in [0.2, 0.25) is 0 Å². The number of alkyl carbamates (subject to hydrolysis) is 1. The Hall–Kier alpha value is -1.86. The van der Waals surface area contributed by atoms with Gasteiger partial charge < -0.3 is 73.5 Å². The quantitative estimate of drug-likeness (QED) is 0.0409. The minimum absolute atomic E-state index is 0.380. The molecule has 0 spiro atoms. The van der Waals surface area contributed by atoms with Gasteiger partial charge in [0.15, 0.2) is 6.29 Å². The van der Waals surface area contributed by atoms with Crippen LogP contribution in [-0.4, -0.2) is 143 Å². The Bertz CT molecular complexity index is 712. The lowest BCUT2D eigenvalue weighted by molar-refractivity contribution is -0.252. The largest absolute Gasteiger partial charge is 0.447 e. The van der Waals surface area contributed by atoms with E-state index >= 15 is 0 Å². The molecule has 0 aromatic carbocycles. The molecular weight excluding hydrogens is 574 g/mol. The fourth-order valence-electron chi connectivity index (χ4n) is 4.42. The van der Waals surface area contributed by atoms with Gasteiger partial charge in [0.05, 0.1) is 0 Å². The first kappa shape index (κ1) is 40.2. The van der Waals surface area contributed by atoms with E-state index in [1.54, 1.807) is 0 Å². The van der Waals surface area contributed by atoms with E-state index in [1.807, 2.05) is 0 Å². The Morgan fingerprint density at radius 3 is 1.57 bits per heavy atom. The van der Waals surface area contributed by atoms with Crippen molar-refractivity contribution in [2.45, 2.75) is 82.0 Å². The molecule has 14 N–H and O–H groups in total. The van der Waals surface area contributed by atoms with E-state index in [9.17, 15) is 24.9 Å². The smallest absolute Gasteiger partial charge is 0.407 e. The molecule has 5 atom stereocenters. The number of nitrogens with two attached hydrogens (primary N) is 2. The number of carbonyl (C=O) groups excluding carboxylic acids is 2. The third kappa shape index (κ3) is 20.2. The second kappa shape index (κ2) is 27.5. The number of nitrogens with one attached hydrogen (secondary N) is 7. The van der Waals surface area contributed by atoms with Crippen LogP contribution in [0.4, 0.5) is 9.59 Å². The lowest BCUT2D eigenvalue weighted by Gasteiger charge is -2.40. The van der Waals surface area contributed by atoms with Crippen molar-refractivity contribution in [2.75, 3.05) is 85.1 Å². The summed E-state index contributed by atoms with van der Waals surface area (Å²) in [7, 11) is 0. The van der Waals surface area contributed by atoms with Crippen LogP contribution in [0.3, 0.4) is 0 Å². The Kier molecular flexibility index (Phi) is 25.1. The number of rotatable bonds is 27. The summed E-state index contributed by atoms with van der Waals surface area (Å²) in [6.45, 7) is 8.92. The maximum atomic E-state index is 12.2. The molecule has 1 heterocycles. The maximum absolute atomic E-state index is 12.2. The van der Waals surface area contributed by atoms with Crippen LogP contribution >= 0.6 is 0 Å². The molecule has 1 aliphatic rings. The molecule has 1 saturated heterocycles. The van der Waals surface area contributed by atoms with Crippen LogP contribution < -0.4 is 48.7 Å². The summed E-state index contributed by atoms with van der Waals surface area (Å²) < 4.78 is 10.4. The third-order valence-electron chi connectivity index (χ3n) is 7.04. The molecule has 0 saturated carbocycles. The van der Waals surface area contributed by atoms with E-state index in [0.29, 0.717) is 39.0 Å². The average molecular weight is 636 g/mol. The van der Waals surface area contributed by atoms with E-state index < -0.39 is 42.8 Å². The zero-order valence-electron chi connectivity index (χ0n) is 26.4. The highest BCUT2D eigenvalue weighted by molar-refractivity contribution is 5.74. The molecule has 0 unspecified atom stereocenters. The van der Waals surface area contributed by atoms with Crippen molar-refractivity contribution in [2.24, 2.45) is 11.5 Å². The van der Waals surface area contributed by atoms with Crippen molar-refractivity contribution in [3.8, 4) is 0 Å². The molecular formula is C28H61N9O7. The van der Waals surface area contributed by atoms with Crippen LogP contribution in [0.15, 0.2) is 0 Å². The monoisotopic (exact) mass is 635 g/mol. The van der Waals surface area contributed by atoms with E-state index in [1.165, 1.54) is 0 Å². The molecule has 16 nitrogen and oxygen atoms in total. The topological polar surface area (TPSA) is 250 Å². The number of ether oxygens (including phenoxy) is 2. The van der Waals surface area contributed by atoms with Gasteiger partial charge in [-0.25, -0.2) is 9.59 Å². The summed E-state index contributed by atoms with van der Waals surface area (Å²) in [5, 5.41) is 52.2. The fraction of sp³-hybridized carbons (Fsp3) is 0.929. The van der Waals surface area contributed by atoms with E-state index in [2.05, 4.69) is 37.2 Å². The van der Waals surface area contributed by atoms with Crippen molar-refractivity contribution in [3.05, 3.63) is 0 Å². The number of hydrogen-bond donors (Lipinski definition) is 12. The van der Waals surface area contributed by atoms with Crippen molar-refractivity contribution in [1.82, 2.24) is 37.2 Å². The van der Waals surface area contributed by atoms with Gasteiger partial charge in [0, 0.05) is 13.1 Å². The molecule has 3 amide bonds. The van der Waals surface area contributed by atoms with Gasteiger partial charge in [-0.2, -0.15) is 0 Å². The average Bonchev–Trinajstić information content (AvgIpc) is 3.01. The van der Waals surface area contributed by atoms with Crippen molar-refractivity contribution in [3.63, 3.8) is 0 Å². The molecule has 260 valence electrons. The fourth-order valence-corrected chi connectivity index (χ4v) is 4.42. The zero-order valence-corrected chi connectivity index (χ0v) is 26.4. The highest BCUT2D eigenvalue weighted by Crippen LogP contribution is 2.20. The minimum atomic E-state index is -1.60. The SMILES string of the molecule is NCCCNCCCCNCCCNC(=O)N[C@@H]1[C@@H](O)[C@H](O)[C@@H](COC(=O)NCCCNCCCCNCCCN)O[C@@H]1O. The Morgan fingerprint density at radius 2 is 1.07 bits per heavy atom. The van der Waals surface area contributed by atoms with Gasteiger partial charge in [0.1, 0.15) is 31.0 Å². The Morgan fingerprint density at radius 1 is 0.614 bits per heavy atom. The number of carbonyl (C=O) groups is 2. The first-order chi connectivity index (χ1) is 21.4.